The Morgan fingerprint density at radius 1 is 1.28 bits per heavy atom. The molecule has 0 aliphatic rings. The van der Waals surface area contributed by atoms with Crippen LogP contribution in [0.1, 0.15) is 19.4 Å². The lowest BCUT2D eigenvalue weighted by Gasteiger charge is -2.18. The number of phenolic OH excluding ortho intramolecular Hbond substituents is 1. The van der Waals surface area contributed by atoms with Crippen molar-refractivity contribution in [1.82, 2.24) is 9.03 Å². The predicted octanol–water partition coefficient (Wildman–Crippen LogP) is 1.31. The summed E-state index contributed by atoms with van der Waals surface area (Å²) in [6, 6.07) is 6.47. The van der Waals surface area contributed by atoms with E-state index in [2.05, 4.69) is 4.72 Å². The zero-order valence-electron chi connectivity index (χ0n) is 10.9. The first-order valence-corrected chi connectivity index (χ1v) is 7.24. The van der Waals surface area contributed by atoms with Crippen molar-refractivity contribution in [2.75, 3.05) is 13.6 Å². The molecule has 1 rings (SSSR count). The van der Waals surface area contributed by atoms with E-state index in [-0.39, 0.29) is 18.2 Å². The van der Waals surface area contributed by atoms with Crippen molar-refractivity contribution in [3.05, 3.63) is 29.8 Å². The molecule has 0 saturated carbocycles. The molecular formula is C12H20N2O3S. The van der Waals surface area contributed by atoms with E-state index in [1.165, 1.54) is 23.5 Å². The van der Waals surface area contributed by atoms with Crippen LogP contribution in [0.3, 0.4) is 0 Å². The third-order valence-electron chi connectivity index (χ3n) is 2.43. The lowest BCUT2D eigenvalue weighted by Crippen LogP contribution is -2.39. The molecule has 0 amide bonds. The van der Waals surface area contributed by atoms with Gasteiger partial charge in [0.15, 0.2) is 0 Å². The van der Waals surface area contributed by atoms with E-state index >= 15 is 0 Å². The van der Waals surface area contributed by atoms with Crippen molar-refractivity contribution in [1.29, 1.82) is 0 Å². The van der Waals surface area contributed by atoms with Gasteiger partial charge in [0.1, 0.15) is 5.75 Å². The molecule has 0 heterocycles. The van der Waals surface area contributed by atoms with Gasteiger partial charge in [-0.05, 0) is 23.6 Å². The molecule has 18 heavy (non-hydrogen) atoms. The molecule has 5 nitrogen and oxygen atoms in total. The number of benzene rings is 1. The zero-order valence-corrected chi connectivity index (χ0v) is 11.7. The Labute approximate surface area is 109 Å². The summed E-state index contributed by atoms with van der Waals surface area (Å²) in [6.45, 7) is 4.58. The van der Waals surface area contributed by atoms with E-state index in [1.54, 1.807) is 12.1 Å². The SMILES string of the molecule is CC(C)CNS(=O)(=O)N(C)Cc1ccc(O)cc1. The number of hydrogen-bond donors (Lipinski definition) is 2. The minimum atomic E-state index is -3.44. The number of nitrogens with one attached hydrogen (secondary N) is 1. The molecule has 0 aliphatic heterocycles. The lowest BCUT2D eigenvalue weighted by atomic mass is 10.2. The third kappa shape index (κ3) is 4.64. The molecule has 1 aromatic carbocycles. The normalized spacial score (nSPS) is 12.3. The van der Waals surface area contributed by atoms with Crippen LogP contribution in [0.25, 0.3) is 0 Å². The number of nitrogens with zero attached hydrogens (tertiary/aromatic N) is 1. The Balaban J connectivity index is 2.64. The van der Waals surface area contributed by atoms with E-state index in [9.17, 15) is 8.42 Å². The molecule has 0 bridgehead atoms. The van der Waals surface area contributed by atoms with Crippen LogP contribution in [0.5, 0.6) is 5.75 Å². The van der Waals surface area contributed by atoms with Crippen molar-refractivity contribution in [3.63, 3.8) is 0 Å². The second-order valence-corrected chi connectivity index (χ2v) is 6.53. The van der Waals surface area contributed by atoms with Gasteiger partial charge in [-0.25, -0.2) is 4.72 Å². The number of rotatable bonds is 6. The molecule has 0 spiro atoms. The summed E-state index contributed by atoms with van der Waals surface area (Å²) in [4.78, 5) is 0. The topological polar surface area (TPSA) is 69.6 Å². The monoisotopic (exact) mass is 272 g/mol. The first kappa shape index (κ1) is 14.9. The highest BCUT2D eigenvalue weighted by Crippen LogP contribution is 2.12. The molecule has 0 fully saturated rings. The van der Waals surface area contributed by atoms with E-state index in [4.69, 9.17) is 5.11 Å². The largest absolute Gasteiger partial charge is 0.508 e. The summed E-state index contributed by atoms with van der Waals surface area (Å²) in [7, 11) is -1.92. The van der Waals surface area contributed by atoms with Crippen LogP contribution >= 0.6 is 0 Å². The Bertz CT molecular complexity index is 469. The Morgan fingerprint density at radius 2 is 1.83 bits per heavy atom. The fourth-order valence-electron chi connectivity index (χ4n) is 1.33. The summed E-state index contributed by atoms with van der Waals surface area (Å²) in [5.74, 6) is 0.434. The summed E-state index contributed by atoms with van der Waals surface area (Å²) in [5.41, 5.74) is 0.824. The fourth-order valence-corrected chi connectivity index (χ4v) is 2.41. The van der Waals surface area contributed by atoms with E-state index in [1.807, 2.05) is 13.8 Å². The van der Waals surface area contributed by atoms with Crippen molar-refractivity contribution in [3.8, 4) is 5.75 Å². The molecule has 102 valence electrons. The Hall–Kier alpha value is -1.11. The zero-order chi connectivity index (χ0) is 13.8. The van der Waals surface area contributed by atoms with Crippen LogP contribution in [0.4, 0.5) is 0 Å². The van der Waals surface area contributed by atoms with Crippen LogP contribution in [-0.2, 0) is 16.8 Å². The van der Waals surface area contributed by atoms with Gasteiger partial charge in [-0.1, -0.05) is 26.0 Å². The van der Waals surface area contributed by atoms with Crippen molar-refractivity contribution >= 4 is 10.2 Å². The van der Waals surface area contributed by atoms with Gasteiger partial charge in [0.2, 0.25) is 0 Å². The maximum absolute atomic E-state index is 11.9. The molecule has 0 radical (unpaired) electrons. The van der Waals surface area contributed by atoms with Crippen LogP contribution in [0.15, 0.2) is 24.3 Å². The van der Waals surface area contributed by atoms with E-state index in [0.717, 1.165) is 5.56 Å². The molecular weight excluding hydrogens is 252 g/mol. The highest BCUT2D eigenvalue weighted by atomic mass is 32.2. The highest BCUT2D eigenvalue weighted by Gasteiger charge is 2.17. The van der Waals surface area contributed by atoms with Crippen LogP contribution < -0.4 is 4.72 Å². The average molecular weight is 272 g/mol. The van der Waals surface area contributed by atoms with Gasteiger partial charge in [0, 0.05) is 20.1 Å². The maximum atomic E-state index is 11.9. The van der Waals surface area contributed by atoms with Crippen molar-refractivity contribution < 1.29 is 13.5 Å². The first-order valence-electron chi connectivity index (χ1n) is 5.80. The van der Waals surface area contributed by atoms with Crippen molar-refractivity contribution in [2.24, 2.45) is 5.92 Å². The van der Waals surface area contributed by atoms with Crippen molar-refractivity contribution in [2.45, 2.75) is 20.4 Å². The van der Waals surface area contributed by atoms with Gasteiger partial charge in [-0.15, -0.1) is 0 Å². The van der Waals surface area contributed by atoms with Gasteiger partial charge in [0.25, 0.3) is 10.2 Å². The number of phenols is 1. The lowest BCUT2D eigenvalue weighted by molar-refractivity contribution is 0.448. The fraction of sp³-hybridized carbons (Fsp3) is 0.500. The third-order valence-corrected chi connectivity index (χ3v) is 3.91. The quantitative estimate of drug-likeness (QED) is 0.820. The van der Waals surface area contributed by atoms with Gasteiger partial charge in [-0.2, -0.15) is 12.7 Å². The maximum Gasteiger partial charge on any atom is 0.279 e. The van der Waals surface area contributed by atoms with E-state index in [0.29, 0.717) is 6.54 Å². The Morgan fingerprint density at radius 3 is 2.33 bits per heavy atom. The smallest absolute Gasteiger partial charge is 0.279 e. The molecule has 0 aromatic heterocycles. The van der Waals surface area contributed by atoms with Crippen LogP contribution in [-0.4, -0.2) is 31.4 Å². The average Bonchev–Trinajstić information content (AvgIpc) is 2.29. The Kier molecular flexibility index (Phi) is 5.13. The molecule has 0 aliphatic carbocycles. The predicted molar refractivity (Wildman–Crippen MR) is 71.3 cm³/mol. The van der Waals surface area contributed by atoms with Gasteiger partial charge >= 0.3 is 0 Å². The molecule has 6 heteroatoms. The second kappa shape index (κ2) is 6.17. The second-order valence-electron chi connectivity index (χ2n) is 4.67. The molecule has 0 atom stereocenters. The van der Waals surface area contributed by atoms with Crippen LogP contribution in [0.2, 0.25) is 0 Å². The molecule has 2 N–H and O–H groups in total. The molecule has 0 unspecified atom stereocenters. The molecule has 1 aromatic rings. The summed E-state index contributed by atoms with van der Waals surface area (Å²) < 4.78 is 27.5. The summed E-state index contributed by atoms with van der Waals surface area (Å²) in [6.07, 6.45) is 0. The number of aromatic hydroxyl groups is 1. The van der Waals surface area contributed by atoms with Gasteiger partial charge in [-0.3, -0.25) is 0 Å². The highest BCUT2D eigenvalue weighted by molar-refractivity contribution is 7.87. The summed E-state index contributed by atoms with van der Waals surface area (Å²) in [5, 5.41) is 9.15. The molecule has 0 saturated heterocycles. The minimum absolute atomic E-state index is 0.169. The van der Waals surface area contributed by atoms with Gasteiger partial charge in [0.05, 0.1) is 0 Å². The number of hydrogen-bond acceptors (Lipinski definition) is 3. The van der Waals surface area contributed by atoms with Crippen LogP contribution in [0, 0.1) is 5.92 Å². The van der Waals surface area contributed by atoms with Gasteiger partial charge < -0.3 is 5.11 Å². The first-order chi connectivity index (χ1) is 8.31. The standard InChI is InChI=1S/C12H20N2O3S/c1-10(2)8-13-18(16,17)14(3)9-11-4-6-12(15)7-5-11/h4-7,10,13,15H,8-9H2,1-3H3. The summed E-state index contributed by atoms with van der Waals surface area (Å²) >= 11 is 0. The van der Waals surface area contributed by atoms with E-state index < -0.39 is 10.2 Å². The minimum Gasteiger partial charge on any atom is -0.508 e.